The van der Waals surface area contributed by atoms with Crippen LogP contribution in [0.25, 0.3) is 0 Å². The number of nitrogens with zero attached hydrogens (tertiary/aromatic N) is 2. The minimum Gasteiger partial charge on any atom is -0.395 e. The zero-order chi connectivity index (χ0) is 14.0. The average Bonchev–Trinajstić information content (AvgIpc) is 2.88. The van der Waals surface area contributed by atoms with Crippen LogP contribution in [0.5, 0.6) is 0 Å². The van der Waals surface area contributed by atoms with Crippen molar-refractivity contribution >= 4 is 15.7 Å². The average molecular weight is 286 g/mol. The van der Waals surface area contributed by atoms with E-state index in [0.717, 1.165) is 6.07 Å². The summed E-state index contributed by atoms with van der Waals surface area (Å²) in [6, 6.07) is 4.52. The molecule has 0 radical (unpaired) electrons. The molecule has 0 spiro atoms. The van der Waals surface area contributed by atoms with Crippen molar-refractivity contribution in [1.82, 2.24) is 4.31 Å². The number of rotatable bonds is 4. The van der Waals surface area contributed by atoms with Gasteiger partial charge in [-0.05, 0) is 18.9 Å². The molecule has 8 heteroatoms. The SMILES string of the molecule is O=[N+]([O-])c1cccc(S(=O)(=O)N2CCC[C@@H]2CO)c1. The monoisotopic (exact) mass is 286 g/mol. The third kappa shape index (κ3) is 2.60. The third-order valence-corrected chi connectivity index (χ3v) is 5.12. The molecule has 0 amide bonds. The summed E-state index contributed by atoms with van der Waals surface area (Å²) in [6.07, 6.45) is 1.28. The van der Waals surface area contributed by atoms with E-state index >= 15 is 0 Å². The number of sulfonamides is 1. The number of nitro benzene ring substituents is 1. The molecule has 1 aromatic carbocycles. The molecule has 1 heterocycles. The molecule has 1 aliphatic heterocycles. The van der Waals surface area contributed by atoms with E-state index in [1.165, 1.54) is 22.5 Å². The third-order valence-electron chi connectivity index (χ3n) is 3.17. The normalized spacial score (nSPS) is 20.6. The van der Waals surface area contributed by atoms with Gasteiger partial charge in [0.2, 0.25) is 10.0 Å². The Balaban J connectivity index is 2.39. The lowest BCUT2D eigenvalue weighted by atomic mass is 10.2. The van der Waals surface area contributed by atoms with E-state index in [0.29, 0.717) is 19.4 Å². The molecule has 2 rings (SSSR count). The summed E-state index contributed by atoms with van der Waals surface area (Å²) < 4.78 is 26.0. The van der Waals surface area contributed by atoms with E-state index < -0.39 is 21.0 Å². The molecule has 1 fully saturated rings. The van der Waals surface area contributed by atoms with Gasteiger partial charge in [-0.2, -0.15) is 4.31 Å². The van der Waals surface area contributed by atoms with Crippen LogP contribution >= 0.6 is 0 Å². The maximum absolute atomic E-state index is 12.4. The number of nitro groups is 1. The van der Waals surface area contributed by atoms with Gasteiger partial charge in [-0.25, -0.2) is 8.42 Å². The van der Waals surface area contributed by atoms with Crippen molar-refractivity contribution in [2.45, 2.75) is 23.8 Å². The Kier molecular flexibility index (Phi) is 3.83. The van der Waals surface area contributed by atoms with Crippen molar-refractivity contribution in [3.8, 4) is 0 Å². The zero-order valence-corrected chi connectivity index (χ0v) is 10.9. The molecule has 1 aromatic rings. The molecule has 104 valence electrons. The van der Waals surface area contributed by atoms with Crippen molar-refractivity contribution in [2.75, 3.05) is 13.2 Å². The molecule has 19 heavy (non-hydrogen) atoms. The lowest BCUT2D eigenvalue weighted by molar-refractivity contribution is -0.385. The maximum Gasteiger partial charge on any atom is 0.270 e. The van der Waals surface area contributed by atoms with Crippen LogP contribution < -0.4 is 0 Å². The summed E-state index contributed by atoms with van der Waals surface area (Å²) in [5.41, 5.74) is -0.263. The number of non-ortho nitro benzene ring substituents is 1. The summed E-state index contributed by atoms with van der Waals surface area (Å²) in [7, 11) is -3.79. The predicted octanol–water partition coefficient (Wildman–Crippen LogP) is 0.740. The lowest BCUT2D eigenvalue weighted by Crippen LogP contribution is -2.37. The fourth-order valence-corrected chi connectivity index (χ4v) is 3.93. The van der Waals surface area contributed by atoms with Crippen LogP contribution in [0, 0.1) is 10.1 Å². The minimum absolute atomic E-state index is 0.109. The van der Waals surface area contributed by atoms with Gasteiger partial charge < -0.3 is 5.11 Å². The van der Waals surface area contributed by atoms with Crippen LogP contribution in [-0.2, 0) is 10.0 Å². The van der Waals surface area contributed by atoms with Crippen LogP contribution in [-0.4, -0.2) is 41.9 Å². The Morgan fingerprint density at radius 2 is 2.21 bits per heavy atom. The van der Waals surface area contributed by atoms with Crippen molar-refractivity contribution in [3.05, 3.63) is 34.4 Å². The van der Waals surface area contributed by atoms with Gasteiger partial charge in [0.1, 0.15) is 0 Å². The Morgan fingerprint density at radius 3 is 2.84 bits per heavy atom. The van der Waals surface area contributed by atoms with Gasteiger partial charge in [-0.1, -0.05) is 6.07 Å². The lowest BCUT2D eigenvalue weighted by Gasteiger charge is -2.22. The van der Waals surface area contributed by atoms with Gasteiger partial charge in [0.15, 0.2) is 0 Å². The largest absolute Gasteiger partial charge is 0.395 e. The molecule has 0 aromatic heterocycles. The van der Waals surface area contributed by atoms with E-state index in [1.807, 2.05) is 0 Å². The summed E-state index contributed by atoms with van der Waals surface area (Å²) in [4.78, 5) is 9.94. The van der Waals surface area contributed by atoms with Gasteiger partial charge in [0.05, 0.1) is 16.4 Å². The first-order valence-electron chi connectivity index (χ1n) is 5.84. The predicted molar refractivity (Wildman–Crippen MR) is 67.1 cm³/mol. The summed E-state index contributed by atoms with van der Waals surface area (Å²) >= 11 is 0. The molecule has 0 unspecified atom stereocenters. The Labute approximate surface area is 110 Å². The molecule has 1 saturated heterocycles. The van der Waals surface area contributed by atoms with Gasteiger partial charge in [0, 0.05) is 24.7 Å². The topological polar surface area (TPSA) is 101 Å². The maximum atomic E-state index is 12.4. The highest BCUT2D eigenvalue weighted by atomic mass is 32.2. The number of hydrogen-bond donors (Lipinski definition) is 1. The number of hydrogen-bond acceptors (Lipinski definition) is 5. The Bertz CT molecular complexity index is 587. The first kappa shape index (κ1) is 13.9. The highest BCUT2D eigenvalue weighted by Crippen LogP contribution is 2.27. The van der Waals surface area contributed by atoms with E-state index in [2.05, 4.69) is 0 Å². The van der Waals surface area contributed by atoms with Crippen molar-refractivity contribution in [2.24, 2.45) is 0 Å². The van der Waals surface area contributed by atoms with Crippen molar-refractivity contribution < 1.29 is 18.4 Å². The Morgan fingerprint density at radius 1 is 1.47 bits per heavy atom. The van der Waals surface area contributed by atoms with Crippen LogP contribution in [0.15, 0.2) is 29.2 Å². The van der Waals surface area contributed by atoms with E-state index in [9.17, 15) is 23.6 Å². The summed E-state index contributed by atoms with van der Waals surface area (Å²) in [5, 5.41) is 19.9. The quantitative estimate of drug-likeness (QED) is 0.650. The second-order valence-corrected chi connectivity index (χ2v) is 6.24. The number of benzene rings is 1. The first-order chi connectivity index (χ1) is 8.96. The minimum atomic E-state index is -3.79. The molecule has 0 aliphatic carbocycles. The first-order valence-corrected chi connectivity index (χ1v) is 7.28. The van der Waals surface area contributed by atoms with Gasteiger partial charge >= 0.3 is 0 Å². The second kappa shape index (κ2) is 5.24. The number of aliphatic hydroxyl groups excluding tert-OH is 1. The molecule has 1 aliphatic rings. The summed E-state index contributed by atoms with van der Waals surface area (Å²) in [5.74, 6) is 0. The van der Waals surface area contributed by atoms with Crippen LogP contribution in [0.1, 0.15) is 12.8 Å². The highest BCUT2D eigenvalue weighted by Gasteiger charge is 2.35. The van der Waals surface area contributed by atoms with Crippen molar-refractivity contribution in [1.29, 1.82) is 0 Å². The van der Waals surface area contributed by atoms with Crippen LogP contribution in [0.4, 0.5) is 5.69 Å². The van der Waals surface area contributed by atoms with Gasteiger partial charge in [-0.15, -0.1) is 0 Å². The molecule has 7 nitrogen and oxygen atoms in total. The molecule has 0 bridgehead atoms. The van der Waals surface area contributed by atoms with Crippen LogP contribution in [0.3, 0.4) is 0 Å². The standard InChI is InChI=1S/C11H14N2O5S/c14-8-10-4-2-6-12(10)19(17,18)11-5-1-3-9(7-11)13(15)16/h1,3,5,7,10,14H,2,4,6,8H2/t10-/m1/s1. The van der Waals surface area contributed by atoms with E-state index in [-0.39, 0.29) is 17.2 Å². The fraction of sp³-hybridized carbons (Fsp3) is 0.455. The zero-order valence-electron chi connectivity index (χ0n) is 10.1. The molecular formula is C11H14N2O5S. The molecule has 0 saturated carbocycles. The second-order valence-electron chi connectivity index (χ2n) is 4.35. The molecule has 1 atom stereocenters. The molecular weight excluding hydrogens is 272 g/mol. The van der Waals surface area contributed by atoms with Crippen molar-refractivity contribution in [3.63, 3.8) is 0 Å². The smallest absolute Gasteiger partial charge is 0.270 e. The van der Waals surface area contributed by atoms with E-state index in [1.54, 1.807) is 0 Å². The van der Waals surface area contributed by atoms with Gasteiger partial charge in [-0.3, -0.25) is 10.1 Å². The number of aliphatic hydroxyl groups is 1. The van der Waals surface area contributed by atoms with Crippen LogP contribution in [0.2, 0.25) is 0 Å². The molecule has 1 N–H and O–H groups in total. The Hall–Kier alpha value is -1.51. The van der Waals surface area contributed by atoms with Gasteiger partial charge in [0.25, 0.3) is 5.69 Å². The highest BCUT2D eigenvalue weighted by molar-refractivity contribution is 7.89. The van der Waals surface area contributed by atoms with E-state index in [4.69, 9.17) is 0 Å². The fourth-order valence-electron chi connectivity index (χ4n) is 2.20. The summed E-state index contributed by atoms with van der Waals surface area (Å²) in [6.45, 7) is 0.0877.